The van der Waals surface area contributed by atoms with E-state index in [0.717, 1.165) is 12.2 Å². The second kappa shape index (κ2) is 6.56. The van der Waals surface area contributed by atoms with Crippen molar-refractivity contribution in [3.8, 4) is 17.2 Å². The van der Waals surface area contributed by atoms with Gasteiger partial charge in [0.1, 0.15) is 23.1 Å². The van der Waals surface area contributed by atoms with Gasteiger partial charge in [0.25, 0.3) is 0 Å². The average molecular weight is 288 g/mol. The Balaban J connectivity index is 2.35. The number of halogens is 1. The summed E-state index contributed by atoms with van der Waals surface area (Å²) in [7, 11) is 1.53. The minimum Gasteiger partial charge on any atom is -0.497 e. The summed E-state index contributed by atoms with van der Waals surface area (Å²) in [4.78, 5) is 10.6. The van der Waals surface area contributed by atoms with Crippen LogP contribution in [0.25, 0.3) is 6.08 Å². The molecule has 2 aromatic rings. The topological polar surface area (TPSA) is 55.8 Å². The lowest BCUT2D eigenvalue weighted by Crippen LogP contribution is -1.93. The van der Waals surface area contributed by atoms with E-state index in [1.165, 1.54) is 19.2 Å². The number of benzene rings is 2. The summed E-state index contributed by atoms with van der Waals surface area (Å²) in [5, 5.41) is 8.65. The molecule has 0 heterocycles. The highest BCUT2D eigenvalue weighted by molar-refractivity contribution is 5.86. The first-order chi connectivity index (χ1) is 10.1. The molecule has 0 unspecified atom stereocenters. The number of carboxylic acid groups (broad SMARTS) is 1. The zero-order valence-electron chi connectivity index (χ0n) is 11.2. The van der Waals surface area contributed by atoms with Crippen LogP contribution in [0.1, 0.15) is 5.56 Å². The van der Waals surface area contributed by atoms with E-state index >= 15 is 0 Å². The summed E-state index contributed by atoms with van der Waals surface area (Å²) in [5.41, 5.74) is 0.0720. The van der Waals surface area contributed by atoms with Gasteiger partial charge < -0.3 is 14.6 Å². The number of rotatable bonds is 5. The lowest BCUT2D eigenvalue weighted by atomic mass is 10.1. The Kier molecular flexibility index (Phi) is 4.56. The molecule has 2 aromatic carbocycles. The van der Waals surface area contributed by atoms with Gasteiger partial charge in [-0.05, 0) is 30.3 Å². The summed E-state index contributed by atoms with van der Waals surface area (Å²) in [6.07, 6.45) is 2.02. The van der Waals surface area contributed by atoms with Gasteiger partial charge >= 0.3 is 5.97 Å². The normalized spacial score (nSPS) is 10.6. The maximum atomic E-state index is 13.8. The third-order valence-corrected chi connectivity index (χ3v) is 2.67. The number of ether oxygens (including phenoxy) is 2. The van der Waals surface area contributed by atoms with Crippen LogP contribution in [0.3, 0.4) is 0 Å². The molecule has 21 heavy (non-hydrogen) atoms. The summed E-state index contributed by atoms with van der Waals surface area (Å²) >= 11 is 0. The van der Waals surface area contributed by atoms with E-state index in [1.54, 1.807) is 30.3 Å². The fourth-order valence-electron chi connectivity index (χ4n) is 1.71. The molecule has 0 aliphatic heterocycles. The van der Waals surface area contributed by atoms with Crippen LogP contribution in [0.2, 0.25) is 0 Å². The van der Waals surface area contributed by atoms with E-state index in [1.807, 2.05) is 0 Å². The fourth-order valence-corrected chi connectivity index (χ4v) is 1.71. The zero-order valence-corrected chi connectivity index (χ0v) is 11.2. The number of carboxylic acids is 1. The Morgan fingerprint density at radius 1 is 1.19 bits per heavy atom. The summed E-state index contributed by atoms with van der Waals surface area (Å²) < 4.78 is 24.5. The van der Waals surface area contributed by atoms with Crippen molar-refractivity contribution in [1.29, 1.82) is 0 Å². The Bertz CT molecular complexity index is 680. The van der Waals surface area contributed by atoms with Crippen LogP contribution in [-0.2, 0) is 4.79 Å². The Morgan fingerprint density at radius 3 is 2.62 bits per heavy atom. The van der Waals surface area contributed by atoms with Gasteiger partial charge in [0.2, 0.25) is 0 Å². The molecule has 0 aromatic heterocycles. The van der Waals surface area contributed by atoms with Crippen LogP contribution >= 0.6 is 0 Å². The van der Waals surface area contributed by atoms with Crippen molar-refractivity contribution in [3.63, 3.8) is 0 Å². The molecule has 0 radical (unpaired) electrons. The van der Waals surface area contributed by atoms with Crippen LogP contribution in [0, 0.1) is 5.82 Å². The molecule has 0 spiro atoms. The van der Waals surface area contributed by atoms with Crippen LogP contribution in [0.15, 0.2) is 48.5 Å². The van der Waals surface area contributed by atoms with Crippen LogP contribution < -0.4 is 9.47 Å². The van der Waals surface area contributed by atoms with Crippen molar-refractivity contribution >= 4 is 12.0 Å². The number of hydrogen-bond acceptors (Lipinski definition) is 3. The van der Waals surface area contributed by atoms with Gasteiger partial charge in [0.15, 0.2) is 0 Å². The molecule has 0 amide bonds. The molecular weight excluding hydrogens is 275 g/mol. The molecule has 2 rings (SSSR count). The Morgan fingerprint density at radius 2 is 1.90 bits per heavy atom. The molecule has 0 bridgehead atoms. The van der Waals surface area contributed by atoms with Gasteiger partial charge in [0, 0.05) is 12.1 Å². The fraction of sp³-hybridized carbons (Fsp3) is 0.0625. The maximum absolute atomic E-state index is 13.8. The predicted molar refractivity (Wildman–Crippen MR) is 76.1 cm³/mol. The van der Waals surface area contributed by atoms with Crippen LogP contribution in [0.5, 0.6) is 17.2 Å². The largest absolute Gasteiger partial charge is 0.497 e. The Labute approximate surface area is 121 Å². The number of methoxy groups -OCH3 is 1. The number of carbonyl (C=O) groups is 1. The SMILES string of the molecule is COc1cccc(Oc2cccc(F)c2/C=C/C(=O)O)c1. The zero-order chi connectivity index (χ0) is 15.2. The highest BCUT2D eigenvalue weighted by Gasteiger charge is 2.09. The highest BCUT2D eigenvalue weighted by Crippen LogP contribution is 2.30. The van der Waals surface area contributed by atoms with Crippen molar-refractivity contribution in [3.05, 3.63) is 59.9 Å². The third kappa shape index (κ3) is 3.82. The quantitative estimate of drug-likeness (QED) is 0.852. The highest BCUT2D eigenvalue weighted by atomic mass is 19.1. The molecule has 0 aliphatic rings. The van der Waals surface area contributed by atoms with Crippen molar-refractivity contribution in [1.82, 2.24) is 0 Å². The Hall–Kier alpha value is -2.82. The molecule has 4 nitrogen and oxygen atoms in total. The van der Waals surface area contributed by atoms with E-state index in [0.29, 0.717) is 11.5 Å². The van der Waals surface area contributed by atoms with Gasteiger partial charge in [-0.15, -0.1) is 0 Å². The van der Waals surface area contributed by atoms with E-state index in [2.05, 4.69) is 0 Å². The van der Waals surface area contributed by atoms with Gasteiger partial charge in [-0.1, -0.05) is 12.1 Å². The molecule has 0 saturated carbocycles. The molecule has 1 N–H and O–H groups in total. The monoisotopic (exact) mass is 288 g/mol. The van der Waals surface area contributed by atoms with Crippen molar-refractivity contribution < 1.29 is 23.8 Å². The first-order valence-electron chi connectivity index (χ1n) is 6.11. The average Bonchev–Trinajstić information content (AvgIpc) is 2.46. The summed E-state index contributed by atoms with van der Waals surface area (Å²) in [6.45, 7) is 0. The van der Waals surface area contributed by atoms with Gasteiger partial charge in [-0.25, -0.2) is 9.18 Å². The number of aliphatic carboxylic acids is 1. The predicted octanol–water partition coefficient (Wildman–Crippen LogP) is 3.72. The third-order valence-electron chi connectivity index (χ3n) is 2.67. The maximum Gasteiger partial charge on any atom is 0.328 e. The molecule has 0 aliphatic carbocycles. The molecular formula is C16H13FO4. The van der Waals surface area contributed by atoms with E-state index in [9.17, 15) is 9.18 Å². The van der Waals surface area contributed by atoms with Crippen molar-refractivity contribution in [2.75, 3.05) is 7.11 Å². The lowest BCUT2D eigenvalue weighted by molar-refractivity contribution is -0.131. The lowest BCUT2D eigenvalue weighted by Gasteiger charge is -2.10. The first-order valence-corrected chi connectivity index (χ1v) is 6.11. The number of hydrogen-bond donors (Lipinski definition) is 1. The van der Waals surface area contributed by atoms with E-state index in [-0.39, 0.29) is 11.3 Å². The van der Waals surface area contributed by atoms with Gasteiger partial charge in [-0.3, -0.25) is 0 Å². The standard InChI is InChI=1S/C16H13FO4/c1-20-11-4-2-5-12(10-11)21-15-7-3-6-14(17)13(15)8-9-16(18)19/h2-10H,1H3,(H,18,19)/b9-8+. The van der Waals surface area contributed by atoms with Crippen molar-refractivity contribution in [2.24, 2.45) is 0 Å². The molecule has 0 fully saturated rings. The minimum atomic E-state index is -1.16. The van der Waals surface area contributed by atoms with Gasteiger partial charge in [0.05, 0.1) is 12.7 Å². The van der Waals surface area contributed by atoms with Crippen molar-refractivity contribution in [2.45, 2.75) is 0 Å². The molecule has 0 saturated heterocycles. The first kappa shape index (κ1) is 14.6. The van der Waals surface area contributed by atoms with E-state index in [4.69, 9.17) is 14.6 Å². The summed E-state index contributed by atoms with van der Waals surface area (Å²) in [5.74, 6) is -0.435. The second-order valence-electron chi connectivity index (χ2n) is 4.10. The smallest absolute Gasteiger partial charge is 0.328 e. The molecule has 0 atom stereocenters. The minimum absolute atomic E-state index is 0.0720. The van der Waals surface area contributed by atoms with Crippen LogP contribution in [-0.4, -0.2) is 18.2 Å². The second-order valence-corrected chi connectivity index (χ2v) is 4.10. The summed E-state index contributed by atoms with van der Waals surface area (Å²) in [6, 6.07) is 11.1. The van der Waals surface area contributed by atoms with E-state index < -0.39 is 11.8 Å². The van der Waals surface area contributed by atoms with Gasteiger partial charge in [-0.2, -0.15) is 0 Å². The molecule has 5 heteroatoms. The van der Waals surface area contributed by atoms with Crippen LogP contribution in [0.4, 0.5) is 4.39 Å². The molecule has 108 valence electrons.